The maximum Gasteiger partial charge on any atom is 0.417 e. The van der Waals surface area contributed by atoms with E-state index in [0.717, 1.165) is 23.4 Å². The highest BCUT2D eigenvalue weighted by Crippen LogP contribution is 2.34. The fraction of sp³-hybridized carbons (Fsp3) is 0.455. The first-order chi connectivity index (χ1) is 14.6. The van der Waals surface area contributed by atoms with Gasteiger partial charge in [-0.2, -0.15) is 13.2 Å². The molecule has 0 saturated carbocycles. The summed E-state index contributed by atoms with van der Waals surface area (Å²) in [5.74, 6) is 1.14. The van der Waals surface area contributed by atoms with E-state index in [1.807, 2.05) is 25.1 Å². The summed E-state index contributed by atoms with van der Waals surface area (Å²) in [5.41, 5.74) is 1.22. The van der Waals surface area contributed by atoms with Gasteiger partial charge in [0.15, 0.2) is 6.61 Å². The number of aryl methyl sites for hydroxylation is 1. The number of carbonyl (C=O) groups is 1. The fourth-order valence-corrected chi connectivity index (χ4v) is 3.75. The standard InChI is InChI=1S/C22H25ClF3N3O2/c1-14(2)17-5-4-15(3)10-19(17)31-13-20(30)28-6-8-29(9-7-28)21-18(23)11-16(12-27-21)22(24,25)26/h4-5,10-12,14H,6-9,13H2,1-3H3. The van der Waals surface area contributed by atoms with Crippen LogP contribution in [0.3, 0.4) is 0 Å². The van der Waals surface area contributed by atoms with Crippen LogP contribution in [-0.4, -0.2) is 48.6 Å². The molecule has 0 atom stereocenters. The minimum atomic E-state index is -4.49. The minimum absolute atomic E-state index is 0.0569. The van der Waals surface area contributed by atoms with Crippen molar-refractivity contribution in [2.75, 3.05) is 37.7 Å². The third-order valence-electron chi connectivity index (χ3n) is 5.22. The fourth-order valence-electron chi connectivity index (χ4n) is 3.46. The van der Waals surface area contributed by atoms with Gasteiger partial charge in [-0.3, -0.25) is 4.79 Å². The Morgan fingerprint density at radius 2 is 1.87 bits per heavy atom. The number of alkyl halides is 3. The molecule has 2 aromatic rings. The monoisotopic (exact) mass is 455 g/mol. The van der Waals surface area contributed by atoms with E-state index in [9.17, 15) is 18.0 Å². The van der Waals surface area contributed by atoms with Crippen molar-refractivity contribution in [2.45, 2.75) is 32.9 Å². The van der Waals surface area contributed by atoms with E-state index in [-0.39, 0.29) is 23.5 Å². The van der Waals surface area contributed by atoms with Gasteiger partial charge in [-0.1, -0.05) is 37.6 Å². The van der Waals surface area contributed by atoms with Crippen molar-refractivity contribution in [2.24, 2.45) is 0 Å². The van der Waals surface area contributed by atoms with Gasteiger partial charge in [-0.15, -0.1) is 0 Å². The van der Waals surface area contributed by atoms with Gasteiger partial charge in [0, 0.05) is 32.4 Å². The summed E-state index contributed by atoms with van der Waals surface area (Å²) < 4.78 is 44.2. The van der Waals surface area contributed by atoms with Gasteiger partial charge in [-0.05, 0) is 36.1 Å². The minimum Gasteiger partial charge on any atom is -0.483 e. The average molecular weight is 456 g/mol. The number of carbonyl (C=O) groups excluding carboxylic acids is 1. The van der Waals surface area contributed by atoms with E-state index in [4.69, 9.17) is 16.3 Å². The number of rotatable bonds is 5. The lowest BCUT2D eigenvalue weighted by molar-refractivity contribution is -0.138. The maximum atomic E-state index is 12.8. The van der Waals surface area contributed by atoms with Gasteiger partial charge in [0.05, 0.1) is 10.6 Å². The van der Waals surface area contributed by atoms with Crippen LogP contribution in [0.1, 0.15) is 36.5 Å². The number of hydrogen-bond donors (Lipinski definition) is 0. The van der Waals surface area contributed by atoms with Crippen LogP contribution in [-0.2, 0) is 11.0 Å². The highest BCUT2D eigenvalue weighted by atomic mass is 35.5. The number of ether oxygens (including phenoxy) is 1. The molecule has 1 saturated heterocycles. The van der Waals surface area contributed by atoms with Crippen LogP contribution < -0.4 is 9.64 Å². The van der Waals surface area contributed by atoms with E-state index in [2.05, 4.69) is 18.8 Å². The normalized spacial score (nSPS) is 14.8. The number of halogens is 4. The molecule has 0 aliphatic carbocycles. The molecule has 1 aliphatic rings. The number of amides is 1. The molecule has 0 bridgehead atoms. The van der Waals surface area contributed by atoms with Gasteiger partial charge in [0.1, 0.15) is 11.6 Å². The number of anilines is 1. The first kappa shape index (κ1) is 23.2. The first-order valence-corrected chi connectivity index (χ1v) is 10.4. The van der Waals surface area contributed by atoms with E-state index in [1.54, 1.807) is 9.80 Å². The van der Waals surface area contributed by atoms with E-state index >= 15 is 0 Å². The van der Waals surface area contributed by atoms with Gasteiger partial charge in [0.2, 0.25) is 0 Å². The lowest BCUT2D eigenvalue weighted by Crippen LogP contribution is -2.50. The molecule has 0 unspecified atom stereocenters. The molecule has 168 valence electrons. The molecule has 5 nitrogen and oxygen atoms in total. The third-order valence-corrected chi connectivity index (χ3v) is 5.50. The average Bonchev–Trinajstić information content (AvgIpc) is 2.71. The molecule has 0 spiro atoms. The predicted molar refractivity (Wildman–Crippen MR) is 114 cm³/mol. The van der Waals surface area contributed by atoms with Gasteiger partial charge in [-0.25, -0.2) is 4.98 Å². The largest absolute Gasteiger partial charge is 0.483 e. The van der Waals surface area contributed by atoms with Crippen molar-refractivity contribution in [3.05, 3.63) is 52.2 Å². The van der Waals surface area contributed by atoms with Gasteiger partial charge < -0.3 is 14.5 Å². The Balaban J connectivity index is 1.58. The molecule has 1 aromatic heterocycles. The predicted octanol–water partition coefficient (Wildman–Crippen LogP) is 4.91. The molecule has 1 amide bonds. The molecular formula is C22H25ClF3N3O2. The topological polar surface area (TPSA) is 45.7 Å². The quantitative estimate of drug-likeness (QED) is 0.642. The van der Waals surface area contributed by atoms with Crippen molar-refractivity contribution >= 4 is 23.3 Å². The van der Waals surface area contributed by atoms with Crippen LogP contribution >= 0.6 is 11.6 Å². The zero-order chi connectivity index (χ0) is 22.8. The third kappa shape index (κ3) is 5.61. The SMILES string of the molecule is Cc1ccc(C(C)C)c(OCC(=O)N2CCN(c3ncc(C(F)(F)F)cc3Cl)CC2)c1. The molecule has 1 fully saturated rings. The summed E-state index contributed by atoms with van der Waals surface area (Å²) in [6, 6.07) is 6.84. The Morgan fingerprint density at radius 3 is 2.45 bits per heavy atom. The highest BCUT2D eigenvalue weighted by molar-refractivity contribution is 6.33. The number of nitrogens with zero attached hydrogens (tertiary/aromatic N) is 3. The number of aromatic nitrogens is 1. The number of pyridine rings is 1. The molecule has 1 aliphatic heterocycles. The van der Waals surface area contributed by atoms with E-state index < -0.39 is 11.7 Å². The van der Waals surface area contributed by atoms with Crippen molar-refractivity contribution < 1.29 is 22.7 Å². The number of benzene rings is 1. The van der Waals surface area contributed by atoms with Gasteiger partial charge >= 0.3 is 6.18 Å². The van der Waals surface area contributed by atoms with E-state index in [0.29, 0.717) is 37.7 Å². The van der Waals surface area contributed by atoms with E-state index in [1.165, 1.54) is 0 Å². The smallest absolute Gasteiger partial charge is 0.417 e. The second-order valence-corrected chi connectivity index (χ2v) is 8.29. The lowest BCUT2D eigenvalue weighted by Gasteiger charge is -2.35. The van der Waals surface area contributed by atoms with Crippen LogP contribution in [0, 0.1) is 6.92 Å². The summed E-state index contributed by atoms with van der Waals surface area (Å²) in [7, 11) is 0. The Kier molecular flexibility index (Phi) is 6.99. The molecule has 3 rings (SSSR count). The van der Waals surface area contributed by atoms with Crippen LogP contribution in [0.2, 0.25) is 5.02 Å². The zero-order valence-corrected chi connectivity index (χ0v) is 18.4. The van der Waals surface area contributed by atoms with Crippen LogP contribution in [0.25, 0.3) is 0 Å². The highest BCUT2D eigenvalue weighted by Gasteiger charge is 2.32. The summed E-state index contributed by atoms with van der Waals surface area (Å²) >= 11 is 6.03. The molecule has 9 heteroatoms. The summed E-state index contributed by atoms with van der Waals surface area (Å²) in [5, 5.41) is -0.0569. The molecule has 0 radical (unpaired) electrons. The Labute approximate surface area is 184 Å². The molecule has 2 heterocycles. The number of hydrogen-bond acceptors (Lipinski definition) is 4. The second kappa shape index (κ2) is 9.34. The summed E-state index contributed by atoms with van der Waals surface area (Å²) in [6.45, 7) is 7.70. The summed E-state index contributed by atoms with van der Waals surface area (Å²) in [6.07, 6.45) is -3.71. The summed E-state index contributed by atoms with van der Waals surface area (Å²) in [4.78, 5) is 20.0. The van der Waals surface area contributed by atoms with Crippen molar-refractivity contribution in [1.82, 2.24) is 9.88 Å². The van der Waals surface area contributed by atoms with Crippen molar-refractivity contribution in [3.63, 3.8) is 0 Å². The van der Waals surface area contributed by atoms with Gasteiger partial charge in [0.25, 0.3) is 5.91 Å². The first-order valence-electron chi connectivity index (χ1n) is 10.0. The Hall–Kier alpha value is -2.48. The Morgan fingerprint density at radius 1 is 1.19 bits per heavy atom. The molecule has 1 aromatic carbocycles. The molecular weight excluding hydrogens is 431 g/mol. The van der Waals surface area contributed by atoms with Crippen LogP contribution in [0.15, 0.2) is 30.5 Å². The lowest BCUT2D eigenvalue weighted by atomic mass is 10.0. The Bertz CT molecular complexity index is 942. The van der Waals surface area contributed by atoms with Crippen LogP contribution in [0.4, 0.5) is 19.0 Å². The number of piperazine rings is 1. The zero-order valence-electron chi connectivity index (χ0n) is 17.7. The second-order valence-electron chi connectivity index (χ2n) is 7.88. The van der Waals surface area contributed by atoms with Crippen molar-refractivity contribution in [1.29, 1.82) is 0 Å². The molecule has 0 N–H and O–H groups in total. The molecule has 31 heavy (non-hydrogen) atoms. The van der Waals surface area contributed by atoms with Crippen LogP contribution in [0.5, 0.6) is 5.75 Å². The maximum absolute atomic E-state index is 12.8. The van der Waals surface area contributed by atoms with Crippen molar-refractivity contribution in [3.8, 4) is 5.75 Å².